The fourth-order valence-electron chi connectivity index (χ4n) is 7.23. The number of aliphatic hydroxyl groups is 1. The molecule has 27 heavy (non-hydrogen) atoms. The summed E-state index contributed by atoms with van der Waals surface area (Å²) in [6.45, 7) is 6.84. The molecule has 2 N–H and O–H groups in total. The lowest BCUT2D eigenvalue weighted by Gasteiger charge is -2.62. The number of fused-ring (bicyclic) bond motifs is 5. The Morgan fingerprint density at radius 1 is 1.19 bits per heavy atom. The highest BCUT2D eigenvalue weighted by Crippen LogP contribution is 2.72. The van der Waals surface area contributed by atoms with Gasteiger partial charge in [0.05, 0.1) is 5.60 Å². The minimum absolute atomic E-state index is 0.0266. The summed E-state index contributed by atoms with van der Waals surface area (Å²) in [6, 6.07) is 0. The fourth-order valence-corrected chi connectivity index (χ4v) is 7.23. The molecule has 0 unspecified atom stereocenters. The molecular weight excluding hydrogens is 340 g/mol. The summed E-state index contributed by atoms with van der Waals surface area (Å²) in [5.41, 5.74) is 0.00252. The van der Waals surface area contributed by atoms with Crippen LogP contribution in [0.3, 0.4) is 0 Å². The number of carboxylic acids is 1. The Bertz CT molecular complexity index is 751. The van der Waals surface area contributed by atoms with Crippen molar-refractivity contribution in [2.75, 3.05) is 0 Å². The summed E-state index contributed by atoms with van der Waals surface area (Å²) >= 11 is 0. The SMILES string of the molecule is C[C@]12CC[C@H]3[C@@H](C=CC4=CC(=O)CC[C@@]43C)[C@]1(C)CC[C@@]2(O)CCC(=O)O. The Balaban J connectivity index is 1.72. The van der Waals surface area contributed by atoms with Crippen LogP contribution in [-0.2, 0) is 9.59 Å². The predicted molar refractivity (Wildman–Crippen MR) is 103 cm³/mol. The molecule has 2 fully saturated rings. The molecule has 2 saturated carbocycles. The van der Waals surface area contributed by atoms with Gasteiger partial charge in [-0.15, -0.1) is 0 Å². The van der Waals surface area contributed by atoms with Crippen molar-refractivity contribution in [3.8, 4) is 0 Å². The highest BCUT2D eigenvalue weighted by molar-refractivity contribution is 5.92. The van der Waals surface area contributed by atoms with E-state index in [1.165, 1.54) is 5.57 Å². The average molecular weight is 373 g/mol. The summed E-state index contributed by atoms with van der Waals surface area (Å²) < 4.78 is 0. The summed E-state index contributed by atoms with van der Waals surface area (Å²) in [5.74, 6) is 0.259. The predicted octanol–water partition coefficient (Wildman–Crippen LogP) is 4.28. The van der Waals surface area contributed by atoms with Gasteiger partial charge in [-0.05, 0) is 72.8 Å². The van der Waals surface area contributed by atoms with Gasteiger partial charge in [0, 0.05) is 18.3 Å². The van der Waals surface area contributed by atoms with Crippen LogP contribution in [0.25, 0.3) is 0 Å². The maximum Gasteiger partial charge on any atom is 0.303 e. The molecule has 0 amide bonds. The van der Waals surface area contributed by atoms with E-state index in [9.17, 15) is 14.7 Å². The molecule has 6 atom stereocenters. The van der Waals surface area contributed by atoms with Gasteiger partial charge in [0.1, 0.15) is 0 Å². The summed E-state index contributed by atoms with van der Waals surface area (Å²) in [5, 5.41) is 20.7. The van der Waals surface area contributed by atoms with Crippen LogP contribution in [0, 0.1) is 28.1 Å². The van der Waals surface area contributed by atoms with Gasteiger partial charge in [0.15, 0.2) is 5.78 Å². The zero-order chi connectivity index (χ0) is 19.7. The van der Waals surface area contributed by atoms with Crippen molar-refractivity contribution in [1.82, 2.24) is 0 Å². The lowest BCUT2D eigenvalue weighted by molar-refractivity contribution is -0.160. The third kappa shape index (κ3) is 2.38. The molecule has 0 spiro atoms. The Kier molecular flexibility index (Phi) is 4.06. The van der Waals surface area contributed by atoms with E-state index in [4.69, 9.17) is 5.11 Å². The first kappa shape index (κ1) is 18.9. The van der Waals surface area contributed by atoms with Crippen LogP contribution < -0.4 is 0 Å². The lowest BCUT2D eigenvalue weighted by atomic mass is 9.43. The first-order chi connectivity index (χ1) is 12.6. The van der Waals surface area contributed by atoms with Crippen molar-refractivity contribution in [3.05, 3.63) is 23.8 Å². The molecule has 4 aliphatic carbocycles. The zero-order valence-electron chi connectivity index (χ0n) is 16.8. The van der Waals surface area contributed by atoms with Crippen LogP contribution in [0.15, 0.2) is 23.8 Å². The van der Waals surface area contributed by atoms with Gasteiger partial charge in [-0.1, -0.05) is 32.9 Å². The van der Waals surface area contributed by atoms with Crippen LogP contribution in [0.4, 0.5) is 0 Å². The van der Waals surface area contributed by atoms with Gasteiger partial charge in [0.2, 0.25) is 0 Å². The summed E-state index contributed by atoms with van der Waals surface area (Å²) in [6.07, 6.45) is 11.8. The van der Waals surface area contributed by atoms with Crippen LogP contribution >= 0.6 is 0 Å². The van der Waals surface area contributed by atoms with Crippen molar-refractivity contribution in [2.24, 2.45) is 28.1 Å². The Morgan fingerprint density at radius 3 is 2.63 bits per heavy atom. The molecule has 4 rings (SSSR count). The van der Waals surface area contributed by atoms with Crippen molar-refractivity contribution < 1.29 is 19.8 Å². The van der Waals surface area contributed by atoms with E-state index in [0.717, 1.165) is 25.7 Å². The number of carbonyl (C=O) groups excluding carboxylic acids is 1. The van der Waals surface area contributed by atoms with Gasteiger partial charge < -0.3 is 10.2 Å². The second-order valence-electron chi connectivity index (χ2n) is 10.2. The first-order valence-corrected chi connectivity index (χ1v) is 10.4. The molecule has 0 aromatic rings. The van der Waals surface area contributed by atoms with E-state index in [-0.39, 0.29) is 28.4 Å². The van der Waals surface area contributed by atoms with Gasteiger partial charge in [0.25, 0.3) is 0 Å². The number of carboxylic acid groups (broad SMARTS) is 1. The quantitative estimate of drug-likeness (QED) is 0.775. The number of rotatable bonds is 3. The van der Waals surface area contributed by atoms with E-state index in [2.05, 4.69) is 32.9 Å². The third-order valence-electron chi connectivity index (χ3n) is 9.39. The molecule has 4 nitrogen and oxygen atoms in total. The van der Waals surface area contributed by atoms with E-state index >= 15 is 0 Å². The second kappa shape index (κ2) is 5.79. The molecule has 0 aromatic carbocycles. The average Bonchev–Trinajstić information content (AvgIpc) is 2.82. The molecular formula is C23H32O4. The number of hydrogen-bond donors (Lipinski definition) is 2. The highest BCUT2D eigenvalue weighted by atomic mass is 16.4. The Hall–Kier alpha value is -1.42. The number of aliphatic carboxylic acids is 1. The molecule has 0 bridgehead atoms. The van der Waals surface area contributed by atoms with Crippen molar-refractivity contribution in [3.63, 3.8) is 0 Å². The molecule has 4 heteroatoms. The molecule has 4 aliphatic rings. The van der Waals surface area contributed by atoms with E-state index < -0.39 is 11.6 Å². The summed E-state index contributed by atoms with van der Waals surface area (Å²) in [4.78, 5) is 23.1. The molecule has 0 saturated heterocycles. The van der Waals surface area contributed by atoms with Gasteiger partial charge >= 0.3 is 5.97 Å². The number of hydrogen-bond acceptors (Lipinski definition) is 3. The molecule has 0 heterocycles. The Morgan fingerprint density at radius 2 is 1.93 bits per heavy atom. The third-order valence-corrected chi connectivity index (χ3v) is 9.39. The largest absolute Gasteiger partial charge is 0.481 e. The van der Waals surface area contributed by atoms with Crippen molar-refractivity contribution in [1.29, 1.82) is 0 Å². The van der Waals surface area contributed by atoms with Crippen LogP contribution in [-0.4, -0.2) is 27.6 Å². The minimum Gasteiger partial charge on any atom is -0.481 e. The summed E-state index contributed by atoms with van der Waals surface area (Å²) in [7, 11) is 0. The van der Waals surface area contributed by atoms with Crippen LogP contribution in [0.2, 0.25) is 0 Å². The molecule has 0 radical (unpaired) electrons. The zero-order valence-corrected chi connectivity index (χ0v) is 16.8. The first-order valence-electron chi connectivity index (χ1n) is 10.4. The fraction of sp³-hybridized carbons (Fsp3) is 0.739. The minimum atomic E-state index is -0.904. The molecule has 148 valence electrons. The van der Waals surface area contributed by atoms with Gasteiger partial charge in [-0.3, -0.25) is 9.59 Å². The lowest BCUT2D eigenvalue weighted by Crippen LogP contribution is -2.58. The smallest absolute Gasteiger partial charge is 0.303 e. The number of allylic oxidation sites excluding steroid dienone is 4. The van der Waals surface area contributed by atoms with Gasteiger partial charge in [-0.25, -0.2) is 0 Å². The van der Waals surface area contributed by atoms with E-state index in [1.54, 1.807) is 0 Å². The van der Waals surface area contributed by atoms with Gasteiger partial charge in [-0.2, -0.15) is 0 Å². The molecule has 0 aromatic heterocycles. The highest BCUT2D eigenvalue weighted by Gasteiger charge is 2.68. The Labute approximate surface area is 161 Å². The maximum atomic E-state index is 11.9. The van der Waals surface area contributed by atoms with Crippen molar-refractivity contribution in [2.45, 2.75) is 77.7 Å². The van der Waals surface area contributed by atoms with E-state index in [1.807, 2.05) is 6.08 Å². The number of carbonyl (C=O) groups is 2. The van der Waals surface area contributed by atoms with Crippen LogP contribution in [0.1, 0.15) is 72.1 Å². The second-order valence-corrected chi connectivity index (χ2v) is 10.2. The number of ketones is 1. The van der Waals surface area contributed by atoms with Crippen molar-refractivity contribution >= 4 is 11.8 Å². The standard InChI is InChI=1S/C23H32O4/c1-20-9-6-16(24)14-15(20)4-5-18-17(20)7-10-22(3)21(18,2)12-13-23(22,27)11-8-19(25)26/h4-5,14,17-18,27H,6-13H2,1-3H3,(H,25,26)/t17-,18+,20-,21-,22-,23-/m0/s1. The normalized spacial score (nSPS) is 48.4. The monoisotopic (exact) mass is 372 g/mol. The van der Waals surface area contributed by atoms with Crippen LogP contribution in [0.5, 0.6) is 0 Å². The molecule has 0 aliphatic heterocycles. The maximum absolute atomic E-state index is 11.9. The topological polar surface area (TPSA) is 74.6 Å². The van der Waals surface area contributed by atoms with E-state index in [0.29, 0.717) is 31.1 Å².